The van der Waals surface area contributed by atoms with E-state index < -0.39 is 8.07 Å². The van der Waals surface area contributed by atoms with E-state index in [0.29, 0.717) is 0 Å². The maximum atomic E-state index is 2.45. The highest BCUT2D eigenvalue weighted by Crippen LogP contribution is 2.33. The molecule has 0 saturated carbocycles. The van der Waals surface area contributed by atoms with E-state index in [9.17, 15) is 0 Å². The fraction of sp³-hybridized carbons (Fsp3) is 0.176. The molecular formula is C17H18Si. The molecule has 2 aromatic rings. The highest BCUT2D eigenvalue weighted by molar-refractivity contribution is 7.07. The monoisotopic (exact) mass is 250 g/mol. The summed E-state index contributed by atoms with van der Waals surface area (Å²) in [5, 5.41) is 3.13. The van der Waals surface area contributed by atoms with Crippen LogP contribution in [0.1, 0.15) is 16.7 Å². The van der Waals surface area contributed by atoms with Crippen LogP contribution in [0.15, 0.2) is 48.5 Å². The molecule has 1 aliphatic heterocycles. The van der Waals surface area contributed by atoms with E-state index in [1.54, 1.807) is 10.4 Å². The van der Waals surface area contributed by atoms with Crippen LogP contribution in [0.3, 0.4) is 0 Å². The van der Waals surface area contributed by atoms with Crippen LogP contribution in [0.4, 0.5) is 0 Å². The molecule has 2 aromatic carbocycles. The SMILES string of the molecule is Cc1ccc(C2=Cc3ccccc3[Si]2(C)C)cc1. The highest BCUT2D eigenvalue weighted by atomic mass is 28.3. The first-order valence-electron chi connectivity index (χ1n) is 6.48. The van der Waals surface area contributed by atoms with Gasteiger partial charge in [-0.1, -0.05) is 73.3 Å². The Morgan fingerprint density at radius 3 is 2.17 bits per heavy atom. The number of benzene rings is 2. The highest BCUT2D eigenvalue weighted by Gasteiger charge is 2.35. The Kier molecular flexibility index (Phi) is 2.53. The molecule has 0 N–H and O–H groups in total. The van der Waals surface area contributed by atoms with Crippen molar-refractivity contribution in [3.8, 4) is 0 Å². The van der Waals surface area contributed by atoms with Crippen LogP contribution in [0, 0.1) is 6.92 Å². The van der Waals surface area contributed by atoms with E-state index in [1.807, 2.05) is 0 Å². The van der Waals surface area contributed by atoms with Gasteiger partial charge in [-0.05, 0) is 28.4 Å². The molecule has 0 spiro atoms. The summed E-state index contributed by atoms with van der Waals surface area (Å²) in [6, 6.07) is 17.8. The first-order valence-corrected chi connectivity index (χ1v) is 9.48. The molecule has 0 atom stereocenters. The van der Waals surface area contributed by atoms with Gasteiger partial charge in [0.25, 0.3) is 0 Å². The third-order valence-corrected chi connectivity index (χ3v) is 7.55. The zero-order valence-corrected chi connectivity index (χ0v) is 12.2. The van der Waals surface area contributed by atoms with Crippen molar-refractivity contribution in [2.24, 2.45) is 0 Å². The third kappa shape index (κ3) is 1.66. The van der Waals surface area contributed by atoms with Crippen LogP contribution in [0.25, 0.3) is 11.3 Å². The van der Waals surface area contributed by atoms with Crippen LogP contribution in [0.2, 0.25) is 13.1 Å². The van der Waals surface area contributed by atoms with E-state index >= 15 is 0 Å². The summed E-state index contributed by atoms with van der Waals surface area (Å²) in [6.45, 7) is 7.04. The zero-order chi connectivity index (χ0) is 12.8. The van der Waals surface area contributed by atoms with Gasteiger partial charge in [0.05, 0.1) is 0 Å². The van der Waals surface area contributed by atoms with Gasteiger partial charge in [-0.25, -0.2) is 0 Å². The molecule has 0 bridgehead atoms. The summed E-state index contributed by atoms with van der Waals surface area (Å²) in [4.78, 5) is 0. The number of fused-ring (bicyclic) bond motifs is 1. The lowest BCUT2D eigenvalue weighted by Gasteiger charge is -2.22. The van der Waals surface area contributed by atoms with Crippen molar-refractivity contribution in [2.75, 3.05) is 0 Å². The quantitative estimate of drug-likeness (QED) is 0.671. The molecule has 0 amide bonds. The van der Waals surface area contributed by atoms with Crippen molar-refractivity contribution in [1.29, 1.82) is 0 Å². The van der Waals surface area contributed by atoms with Crippen LogP contribution < -0.4 is 5.19 Å². The Morgan fingerprint density at radius 2 is 1.50 bits per heavy atom. The van der Waals surface area contributed by atoms with Gasteiger partial charge in [0.1, 0.15) is 8.07 Å². The van der Waals surface area contributed by atoms with Crippen molar-refractivity contribution in [3.05, 3.63) is 65.2 Å². The van der Waals surface area contributed by atoms with E-state index in [1.165, 1.54) is 16.7 Å². The lowest BCUT2D eigenvalue weighted by Crippen LogP contribution is -2.40. The van der Waals surface area contributed by atoms with Gasteiger partial charge in [0, 0.05) is 0 Å². The number of rotatable bonds is 1. The minimum atomic E-state index is -1.49. The summed E-state index contributed by atoms with van der Waals surface area (Å²) in [5.74, 6) is 0. The van der Waals surface area contributed by atoms with Gasteiger partial charge in [-0.15, -0.1) is 0 Å². The average molecular weight is 250 g/mol. The fourth-order valence-electron chi connectivity index (χ4n) is 2.85. The fourth-order valence-corrected chi connectivity index (χ4v) is 5.94. The molecule has 18 heavy (non-hydrogen) atoms. The second-order valence-corrected chi connectivity index (χ2v) is 9.96. The zero-order valence-electron chi connectivity index (χ0n) is 11.2. The molecule has 1 heteroatoms. The Labute approximate surface area is 110 Å². The van der Waals surface area contributed by atoms with Gasteiger partial charge in [0.15, 0.2) is 0 Å². The largest absolute Gasteiger partial charge is 0.113 e. The standard InChI is InChI=1S/C17H18Si/c1-13-8-10-14(11-9-13)17-12-15-6-4-5-7-16(15)18(17,2)3/h4-12H,1-3H3. The lowest BCUT2D eigenvalue weighted by atomic mass is 10.1. The van der Waals surface area contributed by atoms with Crippen LogP contribution in [-0.4, -0.2) is 8.07 Å². The number of aryl methyl sites for hydroxylation is 1. The Bertz CT molecular complexity index is 618. The minimum Gasteiger partial charge on any atom is -0.0623 e. The smallest absolute Gasteiger partial charge is 0.0623 e. The van der Waals surface area contributed by atoms with Crippen molar-refractivity contribution in [1.82, 2.24) is 0 Å². The predicted octanol–water partition coefficient (Wildman–Crippen LogP) is 4.00. The molecule has 0 aliphatic carbocycles. The van der Waals surface area contributed by atoms with Crippen molar-refractivity contribution in [3.63, 3.8) is 0 Å². The van der Waals surface area contributed by atoms with Crippen LogP contribution in [-0.2, 0) is 0 Å². The van der Waals surface area contributed by atoms with Crippen molar-refractivity contribution >= 4 is 24.5 Å². The number of hydrogen-bond acceptors (Lipinski definition) is 0. The molecule has 0 aromatic heterocycles. The maximum Gasteiger partial charge on any atom is 0.113 e. The maximum absolute atomic E-state index is 2.45. The van der Waals surface area contributed by atoms with E-state index in [4.69, 9.17) is 0 Å². The number of hydrogen-bond donors (Lipinski definition) is 0. The van der Waals surface area contributed by atoms with Gasteiger partial charge in [-0.3, -0.25) is 0 Å². The predicted molar refractivity (Wildman–Crippen MR) is 82.6 cm³/mol. The molecule has 3 rings (SSSR count). The van der Waals surface area contributed by atoms with Gasteiger partial charge < -0.3 is 0 Å². The molecule has 0 nitrogen and oxygen atoms in total. The summed E-state index contributed by atoms with van der Waals surface area (Å²) in [6.07, 6.45) is 2.40. The normalized spacial score (nSPS) is 16.3. The van der Waals surface area contributed by atoms with Gasteiger partial charge in [0.2, 0.25) is 0 Å². The molecule has 1 aliphatic rings. The lowest BCUT2D eigenvalue weighted by molar-refractivity contribution is 1.46. The summed E-state index contributed by atoms with van der Waals surface area (Å²) >= 11 is 0. The molecular weight excluding hydrogens is 232 g/mol. The molecule has 0 unspecified atom stereocenters. The van der Waals surface area contributed by atoms with Gasteiger partial charge >= 0.3 is 0 Å². The van der Waals surface area contributed by atoms with Crippen molar-refractivity contribution < 1.29 is 0 Å². The molecule has 0 fully saturated rings. The van der Waals surface area contributed by atoms with E-state index in [2.05, 4.69) is 74.6 Å². The van der Waals surface area contributed by atoms with E-state index in [-0.39, 0.29) is 0 Å². The summed E-state index contributed by atoms with van der Waals surface area (Å²) in [5.41, 5.74) is 4.15. The average Bonchev–Trinajstić information content (AvgIpc) is 2.63. The Balaban J connectivity index is 2.13. The minimum absolute atomic E-state index is 1.33. The Morgan fingerprint density at radius 1 is 0.833 bits per heavy atom. The van der Waals surface area contributed by atoms with Crippen LogP contribution in [0.5, 0.6) is 0 Å². The van der Waals surface area contributed by atoms with E-state index in [0.717, 1.165) is 0 Å². The molecule has 90 valence electrons. The third-order valence-electron chi connectivity index (χ3n) is 3.97. The summed E-state index contributed by atoms with van der Waals surface area (Å²) in [7, 11) is -1.49. The topological polar surface area (TPSA) is 0 Å². The van der Waals surface area contributed by atoms with Crippen LogP contribution >= 0.6 is 0 Å². The van der Waals surface area contributed by atoms with Gasteiger partial charge in [-0.2, -0.15) is 0 Å². The first-order chi connectivity index (χ1) is 8.59. The van der Waals surface area contributed by atoms with Crippen molar-refractivity contribution in [2.45, 2.75) is 20.0 Å². The second-order valence-electron chi connectivity index (χ2n) is 5.64. The molecule has 0 radical (unpaired) electrons. The second kappa shape index (κ2) is 3.96. The molecule has 1 heterocycles. The first kappa shape index (κ1) is 11.5. The summed E-state index contributed by atoms with van der Waals surface area (Å²) < 4.78 is 0. The Hall–Kier alpha value is -1.60. The molecule has 0 saturated heterocycles.